The normalized spacial score (nSPS) is 16.2. The number of carboxylic acids is 1. The van der Waals surface area contributed by atoms with Gasteiger partial charge in [-0.25, -0.2) is 4.39 Å². The van der Waals surface area contributed by atoms with Crippen LogP contribution in [0.15, 0.2) is 18.2 Å². The lowest BCUT2D eigenvalue weighted by atomic mass is 10.0. The Kier molecular flexibility index (Phi) is 7.16. The van der Waals surface area contributed by atoms with Crippen LogP contribution in [0.3, 0.4) is 0 Å². The molecule has 1 fully saturated rings. The Balaban J connectivity index is 1.72. The molecule has 2 N–H and O–H groups in total. The Hall–Kier alpha value is -1.70. The number of piperidine rings is 1. The number of carbonyl (C=O) groups is 2. The molecule has 0 saturated carbocycles. The average Bonchev–Trinajstić information content (AvgIpc) is 2.55. The Morgan fingerprint density at radius 2 is 2.08 bits per heavy atom. The topological polar surface area (TPSA) is 72.9 Å². The lowest BCUT2D eigenvalue weighted by Crippen LogP contribution is -2.45. The molecule has 0 unspecified atom stereocenters. The van der Waals surface area contributed by atoms with Gasteiger partial charge in [0.1, 0.15) is 5.82 Å². The molecule has 0 aliphatic carbocycles. The number of benzene rings is 1. The van der Waals surface area contributed by atoms with Gasteiger partial charge < -0.3 is 15.3 Å². The van der Waals surface area contributed by atoms with Gasteiger partial charge in [-0.2, -0.15) is 0 Å². The van der Waals surface area contributed by atoms with Crippen molar-refractivity contribution in [3.05, 3.63) is 29.0 Å². The molecule has 1 amide bonds. The summed E-state index contributed by atoms with van der Waals surface area (Å²) in [7, 11) is 1.82. The smallest absolute Gasteiger partial charge is 0.317 e. The summed E-state index contributed by atoms with van der Waals surface area (Å²) in [6.45, 7) is 2.27. The summed E-state index contributed by atoms with van der Waals surface area (Å²) in [5.41, 5.74) is 0.128. The van der Waals surface area contributed by atoms with E-state index in [0.29, 0.717) is 6.54 Å². The van der Waals surface area contributed by atoms with E-state index in [-0.39, 0.29) is 35.6 Å². The Bertz CT molecular complexity index is 621. The molecule has 1 heterocycles. The number of halogens is 2. The van der Waals surface area contributed by atoms with E-state index in [2.05, 4.69) is 10.2 Å². The van der Waals surface area contributed by atoms with Crippen molar-refractivity contribution in [2.45, 2.75) is 25.3 Å². The summed E-state index contributed by atoms with van der Waals surface area (Å²) >= 11 is 5.68. The van der Waals surface area contributed by atoms with Crippen molar-refractivity contribution in [3.63, 3.8) is 0 Å². The summed E-state index contributed by atoms with van der Waals surface area (Å²) < 4.78 is 13.7. The summed E-state index contributed by atoms with van der Waals surface area (Å²) in [4.78, 5) is 26.8. The highest BCUT2D eigenvalue weighted by Crippen LogP contribution is 2.19. The minimum absolute atomic E-state index is 0.0414. The fourth-order valence-electron chi connectivity index (χ4n) is 2.99. The summed E-state index contributed by atoms with van der Waals surface area (Å²) in [6, 6.07) is 4.39. The second-order valence-electron chi connectivity index (χ2n) is 6.30. The van der Waals surface area contributed by atoms with Gasteiger partial charge in [0.05, 0.1) is 12.2 Å². The zero-order chi connectivity index (χ0) is 18.4. The first-order valence-corrected chi connectivity index (χ1v) is 8.62. The van der Waals surface area contributed by atoms with E-state index in [9.17, 15) is 14.0 Å². The zero-order valence-corrected chi connectivity index (χ0v) is 14.9. The molecule has 6 nitrogen and oxygen atoms in total. The predicted molar refractivity (Wildman–Crippen MR) is 94.4 cm³/mol. The molecule has 2 rings (SSSR count). The molecule has 25 heavy (non-hydrogen) atoms. The Morgan fingerprint density at radius 1 is 1.40 bits per heavy atom. The molecule has 0 radical (unpaired) electrons. The van der Waals surface area contributed by atoms with Gasteiger partial charge in [-0.1, -0.05) is 11.6 Å². The highest BCUT2D eigenvalue weighted by molar-refractivity contribution is 6.30. The third-order valence-corrected chi connectivity index (χ3v) is 4.66. The summed E-state index contributed by atoms with van der Waals surface area (Å²) in [5.74, 6) is -1.62. The molecule has 1 aliphatic heterocycles. The maximum atomic E-state index is 13.7. The molecular formula is C17H23ClFN3O3. The number of aliphatic carboxylic acids is 1. The van der Waals surface area contributed by atoms with Crippen molar-refractivity contribution < 1.29 is 19.1 Å². The van der Waals surface area contributed by atoms with Gasteiger partial charge in [-0.3, -0.25) is 14.5 Å². The Labute approximate surface area is 151 Å². The van der Waals surface area contributed by atoms with Crippen LogP contribution in [0, 0.1) is 5.82 Å². The van der Waals surface area contributed by atoms with Gasteiger partial charge in [0, 0.05) is 24.0 Å². The van der Waals surface area contributed by atoms with Gasteiger partial charge in [-0.05, 0) is 51.2 Å². The maximum Gasteiger partial charge on any atom is 0.317 e. The van der Waals surface area contributed by atoms with Crippen molar-refractivity contribution in [1.29, 1.82) is 0 Å². The van der Waals surface area contributed by atoms with E-state index in [1.807, 2.05) is 11.9 Å². The maximum absolute atomic E-state index is 13.7. The second kappa shape index (κ2) is 9.12. The van der Waals surface area contributed by atoms with E-state index in [0.717, 1.165) is 32.0 Å². The number of hydrogen-bond acceptors (Lipinski definition) is 4. The first-order valence-electron chi connectivity index (χ1n) is 8.24. The molecule has 0 atom stereocenters. The largest absolute Gasteiger partial charge is 0.480 e. The summed E-state index contributed by atoms with van der Waals surface area (Å²) in [5, 5.41) is 11.7. The minimum Gasteiger partial charge on any atom is -0.480 e. The number of nitrogens with one attached hydrogen (secondary N) is 1. The van der Waals surface area contributed by atoms with Gasteiger partial charge in [0.25, 0.3) is 0 Å². The quantitative estimate of drug-likeness (QED) is 0.769. The number of carboxylic acid groups (broad SMARTS) is 1. The number of hydrogen-bond donors (Lipinski definition) is 2. The van der Waals surface area contributed by atoms with Crippen LogP contribution in [-0.2, 0) is 9.59 Å². The number of nitrogens with zero attached hydrogens (tertiary/aromatic N) is 2. The fraction of sp³-hybridized carbons (Fsp3) is 0.529. The molecule has 1 saturated heterocycles. The van der Waals surface area contributed by atoms with Crippen molar-refractivity contribution >= 4 is 29.2 Å². The molecule has 1 aliphatic rings. The Morgan fingerprint density at radius 3 is 2.68 bits per heavy atom. The van der Waals surface area contributed by atoms with E-state index in [1.54, 1.807) is 0 Å². The van der Waals surface area contributed by atoms with E-state index < -0.39 is 11.8 Å². The van der Waals surface area contributed by atoms with Crippen molar-refractivity contribution in [2.24, 2.45) is 0 Å². The van der Waals surface area contributed by atoms with Crippen molar-refractivity contribution in [1.82, 2.24) is 9.80 Å². The van der Waals surface area contributed by atoms with Crippen LogP contribution in [0.1, 0.15) is 19.3 Å². The minimum atomic E-state index is -0.823. The van der Waals surface area contributed by atoms with Crippen molar-refractivity contribution in [2.75, 3.05) is 38.5 Å². The van der Waals surface area contributed by atoms with Gasteiger partial charge in [-0.15, -0.1) is 0 Å². The lowest BCUT2D eigenvalue weighted by Gasteiger charge is -2.36. The molecule has 8 heteroatoms. The summed E-state index contributed by atoms with van der Waals surface area (Å²) in [6.07, 6.45) is 2.02. The lowest BCUT2D eigenvalue weighted by molar-refractivity contribution is -0.138. The SMILES string of the molecule is CN(CC(=O)O)C1CCN(CCC(=O)Nc2ccc(Cl)cc2F)CC1. The van der Waals surface area contributed by atoms with Crippen LogP contribution in [0.2, 0.25) is 5.02 Å². The first-order chi connectivity index (χ1) is 11.8. The van der Waals surface area contributed by atoms with E-state index >= 15 is 0 Å². The molecule has 1 aromatic rings. The zero-order valence-electron chi connectivity index (χ0n) is 14.2. The highest BCUT2D eigenvalue weighted by atomic mass is 35.5. The third kappa shape index (κ3) is 6.26. The van der Waals surface area contributed by atoms with Crippen LogP contribution in [0.5, 0.6) is 0 Å². The van der Waals surface area contributed by atoms with Crippen molar-refractivity contribution in [3.8, 4) is 0 Å². The van der Waals surface area contributed by atoms with E-state index in [4.69, 9.17) is 16.7 Å². The van der Waals surface area contributed by atoms with Crippen LogP contribution in [0.4, 0.5) is 10.1 Å². The van der Waals surface area contributed by atoms with Gasteiger partial charge >= 0.3 is 5.97 Å². The van der Waals surface area contributed by atoms with Gasteiger partial charge in [0.15, 0.2) is 0 Å². The standard InChI is InChI=1S/C17H23ClFN3O3/c1-21(11-17(24)25)13-4-7-22(8-5-13)9-6-16(23)20-15-3-2-12(18)10-14(15)19/h2-3,10,13H,4-9,11H2,1H3,(H,20,23)(H,24,25). The molecule has 0 aromatic heterocycles. The van der Waals surface area contributed by atoms with Crippen LogP contribution in [0.25, 0.3) is 0 Å². The number of likely N-dealkylation sites (tertiary alicyclic amines) is 1. The first kappa shape index (κ1) is 19.6. The number of amides is 1. The van der Waals surface area contributed by atoms with Crippen LogP contribution < -0.4 is 5.32 Å². The molecular weight excluding hydrogens is 349 g/mol. The van der Waals surface area contributed by atoms with Gasteiger partial charge in [0.2, 0.25) is 5.91 Å². The number of rotatable bonds is 7. The fourth-order valence-corrected chi connectivity index (χ4v) is 3.15. The molecule has 0 spiro atoms. The number of anilines is 1. The second-order valence-corrected chi connectivity index (χ2v) is 6.74. The average molecular weight is 372 g/mol. The molecule has 138 valence electrons. The monoisotopic (exact) mass is 371 g/mol. The van der Waals surface area contributed by atoms with Crippen LogP contribution >= 0.6 is 11.6 Å². The third-order valence-electron chi connectivity index (χ3n) is 4.43. The molecule has 0 bridgehead atoms. The number of carbonyl (C=O) groups excluding carboxylic acids is 1. The number of likely N-dealkylation sites (N-methyl/N-ethyl adjacent to an activating group) is 1. The predicted octanol–water partition coefficient (Wildman–Crippen LogP) is 2.29. The molecule has 1 aromatic carbocycles. The highest BCUT2D eigenvalue weighted by Gasteiger charge is 2.23. The van der Waals surface area contributed by atoms with Crippen LogP contribution in [-0.4, -0.2) is 66.1 Å². The van der Waals surface area contributed by atoms with E-state index in [1.165, 1.54) is 12.1 Å².